The lowest BCUT2D eigenvalue weighted by molar-refractivity contribution is 0.298. The van der Waals surface area contributed by atoms with Crippen LogP contribution in [0.4, 0.5) is 0 Å². The Hall–Kier alpha value is -0.970. The Balaban J connectivity index is 2.48. The number of hydrogen-bond acceptors (Lipinski definition) is 4. The summed E-state index contributed by atoms with van der Waals surface area (Å²) in [5.41, 5.74) is 1.03. The normalized spacial score (nSPS) is 11.0. The van der Waals surface area contributed by atoms with Crippen molar-refractivity contribution in [3.05, 3.63) is 22.7 Å². The third-order valence-electron chi connectivity index (χ3n) is 3.67. The van der Waals surface area contributed by atoms with Gasteiger partial charge in [0.2, 0.25) is 0 Å². The maximum absolute atomic E-state index is 6.32. The summed E-state index contributed by atoms with van der Waals surface area (Å²) in [5.74, 6) is 1.42. The van der Waals surface area contributed by atoms with Crippen LogP contribution in [0.3, 0.4) is 0 Å². The van der Waals surface area contributed by atoms with Crippen LogP contribution < -0.4 is 14.8 Å². The predicted octanol–water partition coefficient (Wildman–Crippen LogP) is 3.57. The molecule has 0 aromatic heterocycles. The Morgan fingerprint density at radius 2 is 1.86 bits per heavy atom. The first-order valence-corrected chi connectivity index (χ1v) is 8.46. The minimum atomic E-state index is 0.593. The van der Waals surface area contributed by atoms with E-state index in [1.807, 2.05) is 19.1 Å². The molecule has 0 unspecified atom stereocenters. The zero-order chi connectivity index (χ0) is 16.4. The number of benzene rings is 1. The van der Waals surface area contributed by atoms with Crippen molar-refractivity contribution in [3.8, 4) is 11.5 Å². The molecule has 1 aromatic rings. The molecular weight excluding hydrogens is 300 g/mol. The molecule has 22 heavy (non-hydrogen) atoms. The van der Waals surface area contributed by atoms with Gasteiger partial charge >= 0.3 is 0 Å². The molecule has 5 heteroatoms. The van der Waals surface area contributed by atoms with E-state index in [2.05, 4.69) is 24.1 Å². The Morgan fingerprint density at radius 3 is 2.45 bits per heavy atom. The third kappa shape index (κ3) is 6.03. The predicted molar refractivity (Wildman–Crippen MR) is 93.3 cm³/mol. The van der Waals surface area contributed by atoms with E-state index in [-0.39, 0.29) is 0 Å². The molecule has 1 rings (SSSR count). The van der Waals surface area contributed by atoms with Crippen molar-refractivity contribution in [2.24, 2.45) is 0 Å². The van der Waals surface area contributed by atoms with Gasteiger partial charge in [0.1, 0.15) is 0 Å². The molecule has 0 saturated heterocycles. The van der Waals surface area contributed by atoms with Gasteiger partial charge in [-0.3, -0.25) is 0 Å². The summed E-state index contributed by atoms with van der Waals surface area (Å²) in [5, 5.41) is 4.15. The first kappa shape index (κ1) is 19.1. The van der Waals surface area contributed by atoms with Gasteiger partial charge in [-0.05, 0) is 51.2 Å². The van der Waals surface area contributed by atoms with E-state index in [1.54, 1.807) is 7.11 Å². The van der Waals surface area contributed by atoms with Crippen molar-refractivity contribution in [2.45, 2.75) is 33.7 Å². The van der Waals surface area contributed by atoms with Gasteiger partial charge in [-0.25, -0.2) is 0 Å². The molecule has 0 amide bonds. The van der Waals surface area contributed by atoms with Crippen LogP contribution in [-0.2, 0) is 6.54 Å². The van der Waals surface area contributed by atoms with Crippen molar-refractivity contribution in [1.82, 2.24) is 10.2 Å². The number of halogens is 1. The number of ether oxygens (including phenoxy) is 2. The lowest BCUT2D eigenvalue weighted by Gasteiger charge is -2.18. The number of hydrogen-bond donors (Lipinski definition) is 1. The van der Waals surface area contributed by atoms with Crippen molar-refractivity contribution >= 4 is 11.6 Å². The van der Waals surface area contributed by atoms with E-state index in [4.69, 9.17) is 21.1 Å². The van der Waals surface area contributed by atoms with E-state index in [1.165, 1.54) is 0 Å². The zero-order valence-corrected chi connectivity index (χ0v) is 15.0. The molecule has 0 aliphatic carbocycles. The summed E-state index contributed by atoms with van der Waals surface area (Å²) < 4.78 is 10.9. The van der Waals surface area contributed by atoms with Gasteiger partial charge in [0.25, 0.3) is 0 Å². The highest BCUT2D eigenvalue weighted by atomic mass is 35.5. The molecule has 1 aromatic carbocycles. The van der Waals surface area contributed by atoms with Crippen LogP contribution in [0.1, 0.15) is 32.8 Å². The third-order valence-corrected chi connectivity index (χ3v) is 4.02. The molecule has 0 aliphatic rings. The molecule has 4 nitrogen and oxygen atoms in total. The Bertz CT molecular complexity index is 437. The molecule has 0 radical (unpaired) electrons. The smallest absolute Gasteiger partial charge is 0.162 e. The van der Waals surface area contributed by atoms with Crippen LogP contribution in [0.25, 0.3) is 0 Å². The number of methoxy groups -OCH3 is 1. The molecule has 0 atom stereocenters. The molecule has 0 spiro atoms. The Kier molecular flexibility index (Phi) is 9.28. The summed E-state index contributed by atoms with van der Waals surface area (Å²) >= 11 is 6.32. The van der Waals surface area contributed by atoms with Gasteiger partial charge in [-0.1, -0.05) is 25.4 Å². The fraction of sp³-hybridized carbons (Fsp3) is 0.647. The highest BCUT2D eigenvalue weighted by molar-refractivity contribution is 6.31. The summed E-state index contributed by atoms with van der Waals surface area (Å²) in [6.45, 7) is 12.0. The average Bonchev–Trinajstić information content (AvgIpc) is 2.53. The second-order valence-corrected chi connectivity index (χ2v) is 5.49. The molecule has 0 fully saturated rings. The Labute approximate surface area is 139 Å². The Morgan fingerprint density at radius 1 is 1.14 bits per heavy atom. The van der Waals surface area contributed by atoms with E-state index < -0.39 is 0 Å². The van der Waals surface area contributed by atoms with Crippen molar-refractivity contribution in [1.29, 1.82) is 0 Å². The summed E-state index contributed by atoms with van der Waals surface area (Å²) in [6, 6.07) is 3.78. The summed E-state index contributed by atoms with van der Waals surface area (Å²) in [6.07, 6.45) is 1.13. The monoisotopic (exact) mass is 328 g/mol. The molecule has 1 N–H and O–H groups in total. The van der Waals surface area contributed by atoms with Gasteiger partial charge in [0.05, 0.1) is 13.7 Å². The van der Waals surface area contributed by atoms with Gasteiger partial charge in [0, 0.05) is 17.6 Å². The van der Waals surface area contributed by atoms with E-state index in [0.29, 0.717) is 17.4 Å². The van der Waals surface area contributed by atoms with Crippen LogP contribution in [0.5, 0.6) is 11.5 Å². The van der Waals surface area contributed by atoms with Gasteiger partial charge in [-0.2, -0.15) is 0 Å². The molecule has 0 aliphatic heterocycles. The highest BCUT2D eigenvalue weighted by Gasteiger charge is 2.10. The van der Waals surface area contributed by atoms with Gasteiger partial charge < -0.3 is 19.7 Å². The zero-order valence-electron chi connectivity index (χ0n) is 14.2. The molecule has 0 bridgehead atoms. The van der Waals surface area contributed by atoms with Crippen LogP contribution >= 0.6 is 11.6 Å². The molecule has 0 heterocycles. The first-order valence-electron chi connectivity index (χ1n) is 8.08. The van der Waals surface area contributed by atoms with Crippen molar-refractivity contribution in [3.63, 3.8) is 0 Å². The number of rotatable bonds is 11. The largest absolute Gasteiger partial charge is 0.493 e. The van der Waals surface area contributed by atoms with Gasteiger partial charge in [0.15, 0.2) is 11.5 Å². The van der Waals surface area contributed by atoms with Gasteiger partial charge in [-0.15, -0.1) is 0 Å². The van der Waals surface area contributed by atoms with Crippen LogP contribution in [0.2, 0.25) is 5.02 Å². The fourth-order valence-electron chi connectivity index (χ4n) is 2.33. The number of nitrogens with zero attached hydrogens (tertiary/aromatic N) is 1. The SMILES string of the molecule is CCOc1cc(Cl)c(CNCCCN(CC)CC)cc1OC. The fourth-order valence-corrected chi connectivity index (χ4v) is 2.55. The lowest BCUT2D eigenvalue weighted by Crippen LogP contribution is -2.27. The van der Waals surface area contributed by atoms with E-state index in [0.717, 1.165) is 50.5 Å². The lowest BCUT2D eigenvalue weighted by atomic mass is 10.2. The topological polar surface area (TPSA) is 33.7 Å². The van der Waals surface area contributed by atoms with Crippen molar-refractivity contribution in [2.75, 3.05) is 39.9 Å². The quantitative estimate of drug-likeness (QED) is 0.630. The summed E-state index contributed by atoms with van der Waals surface area (Å²) in [7, 11) is 1.65. The van der Waals surface area contributed by atoms with Crippen LogP contribution in [0, 0.1) is 0 Å². The standard InChI is InChI=1S/C17H29ClN2O2/c1-5-20(6-2)10-8-9-19-13-14-11-16(21-4)17(22-7-3)12-15(14)18/h11-12,19H,5-10,13H2,1-4H3. The molecule has 126 valence electrons. The van der Waals surface area contributed by atoms with E-state index in [9.17, 15) is 0 Å². The molecule has 0 saturated carbocycles. The highest BCUT2D eigenvalue weighted by Crippen LogP contribution is 2.33. The van der Waals surface area contributed by atoms with E-state index >= 15 is 0 Å². The maximum atomic E-state index is 6.32. The number of nitrogens with one attached hydrogen (secondary N) is 1. The first-order chi connectivity index (χ1) is 10.7. The minimum Gasteiger partial charge on any atom is -0.493 e. The van der Waals surface area contributed by atoms with Crippen LogP contribution in [-0.4, -0.2) is 44.8 Å². The maximum Gasteiger partial charge on any atom is 0.162 e. The summed E-state index contributed by atoms with van der Waals surface area (Å²) in [4.78, 5) is 2.43. The van der Waals surface area contributed by atoms with Crippen LogP contribution in [0.15, 0.2) is 12.1 Å². The molecular formula is C17H29ClN2O2. The minimum absolute atomic E-state index is 0.593. The second kappa shape index (κ2) is 10.7. The van der Waals surface area contributed by atoms with Crippen molar-refractivity contribution < 1.29 is 9.47 Å². The average molecular weight is 329 g/mol. The second-order valence-electron chi connectivity index (χ2n) is 5.08.